The molecule has 102 valence electrons. The van der Waals surface area contributed by atoms with Gasteiger partial charge in [0.1, 0.15) is 5.75 Å². The topological polar surface area (TPSA) is 64.9 Å². The lowest BCUT2D eigenvalue weighted by Gasteiger charge is -2.05. The number of hydrogen-bond acceptors (Lipinski definition) is 6. The predicted molar refractivity (Wildman–Crippen MR) is 74.3 cm³/mol. The van der Waals surface area contributed by atoms with Crippen molar-refractivity contribution in [3.63, 3.8) is 0 Å². The summed E-state index contributed by atoms with van der Waals surface area (Å²) in [5, 5.41) is 15.6. The highest BCUT2D eigenvalue weighted by Gasteiger charge is 2.06. The second-order valence-corrected chi connectivity index (χ2v) is 4.87. The van der Waals surface area contributed by atoms with Crippen LogP contribution in [0.2, 0.25) is 0 Å². The second kappa shape index (κ2) is 7.10. The van der Waals surface area contributed by atoms with E-state index in [1.54, 1.807) is 23.6 Å². The lowest BCUT2D eigenvalue weighted by Crippen LogP contribution is -2.16. The quantitative estimate of drug-likeness (QED) is 0.768. The van der Waals surface area contributed by atoms with Crippen LogP contribution in [0.5, 0.6) is 5.75 Å². The molecule has 2 aromatic rings. The van der Waals surface area contributed by atoms with Crippen molar-refractivity contribution in [2.75, 3.05) is 20.7 Å². The fourth-order valence-electron chi connectivity index (χ4n) is 1.57. The van der Waals surface area contributed by atoms with Crippen LogP contribution in [-0.4, -0.2) is 40.9 Å². The zero-order valence-electron chi connectivity index (χ0n) is 11.0. The largest absolute Gasteiger partial charge is 0.497 e. The van der Waals surface area contributed by atoms with Gasteiger partial charge in [0.05, 0.1) is 13.7 Å². The predicted octanol–water partition coefficient (Wildman–Crippen LogP) is 1.19. The van der Waals surface area contributed by atoms with Crippen LogP contribution in [0.3, 0.4) is 0 Å². The Morgan fingerprint density at radius 3 is 3.11 bits per heavy atom. The number of likely N-dealkylation sites (N-methyl/N-ethyl adjacent to an activating group) is 1. The Hall–Kier alpha value is -1.60. The van der Waals surface area contributed by atoms with Gasteiger partial charge in [0.15, 0.2) is 0 Å². The third-order valence-electron chi connectivity index (χ3n) is 2.57. The van der Waals surface area contributed by atoms with Gasteiger partial charge in [-0.2, -0.15) is 0 Å². The molecule has 0 saturated carbocycles. The van der Waals surface area contributed by atoms with E-state index >= 15 is 0 Å². The van der Waals surface area contributed by atoms with E-state index < -0.39 is 0 Å². The van der Waals surface area contributed by atoms with E-state index in [9.17, 15) is 0 Å². The molecular formula is C12H17N5OS. The molecule has 0 aliphatic carbocycles. The summed E-state index contributed by atoms with van der Waals surface area (Å²) in [7, 11) is 3.58. The maximum Gasteiger partial charge on any atom is 0.209 e. The Labute approximate surface area is 116 Å². The molecule has 1 aromatic carbocycles. The van der Waals surface area contributed by atoms with Crippen molar-refractivity contribution in [1.29, 1.82) is 0 Å². The molecule has 0 spiro atoms. The monoisotopic (exact) mass is 279 g/mol. The van der Waals surface area contributed by atoms with E-state index in [1.165, 1.54) is 5.56 Å². The summed E-state index contributed by atoms with van der Waals surface area (Å²) in [6, 6.07) is 8.01. The van der Waals surface area contributed by atoms with E-state index in [4.69, 9.17) is 4.74 Å². The molecule has 19 heavy (non-hydrogen) atoms. The summed E-state index contributed by atoms with van der Waals surface area (Å²) >= 11 is 1.62. The zero-order chi connectivity index (χ0) is 13.5. The van der Waals surface area contributed by atoms with E-state index in [0.29, 0.717) is 0 Å². The van der Waals surface area contributed by atoms with Gasteiger partial charge < -0.3 is 10.1 Å². The lowest BCUT2D eigenvalue weighted by molar-refractivity contribution is 0.414. The standard InChI is InChI=1S/C12H17N5OS/c1-13-6-7-17-12(14-15-16-17)19-9-10-4-3-5-11(8-10)18-2/h3-5,8,13H,6-7,9H2,1-2H3. The van der Waals surface area contributed by atoms with Crippen LogP contribution in [0.1, 0.15) is 5.56 Å². The molecule has 1 aromatic heterocycles. The third kappa shape index (κ3) is 3.93. The van der Waals surface area contributed by atoms with Crippen LogP contribution in [0, 0.1) is 0 Å². The van der Waals surface area contributed by atoms with Crippen molar-refractivity contribution in [1.82, 2.24) is 25.5 Å². The van der Waals surface area contributed by atoms with Gasteiger partial charge in [-0.3, -0.25) is 0 Å². The molecule has 6 nitrogen and oxygen atoms in total. The van der Waals surface area contributed by atoms with Crippen molar-refractivity contribution in [3.8, 4) is 5.75 Å². The molecule has 0 fully saturated rings. The van der Waals surface area contributed by atoms with Crippen molar-refractivity contribution in [2.45, 2.75) is 17.5 Å². The number of nitrogens with zero attached hydrogens (tertiary/aromatic N) is 4. The van der Waals surface area contributed by atoms with E-state index in [-0.39, 0.29) is 0 Å². The first-order valence-corrected chi connectivity index (χ1v) is 6.98. The molecular weight excluding hydrogens is 262 g/mol. The smallest absolute Gasteiger partial charge is 0.209 e. The number of ether oxygens (including phenoxy) is 1. The molecule has 0 bridgehead atoms. The van der Waals surface area contributed by atoms with Gasteiger partial charge in [-0.05, 0) is 35.2 Å². The third-order valence-corrected chi connectivity index (χ3v) is 3.60. The number of thioether (sulfide) groups is 1. The van der Waals surface area contributed by atoms with E-state index in [2.05, 4.69) is 26.9 Å². The average molecular weight is 279 g/mol. The van der Waals surface area contributed by atoms with Gasteiger partial charge in [-0.25, -0.2) is 4.68 Å². The number of hydrogen-bond donors (Lipinski definition) is 1. The van der Waals surface area contributed by atoms with E-state index in [0.717, 1.165) is 29.7 Å². The molecule has 0 atom stereocenters. The minimum Gasteiger partial charge on any atom is -0.497 e. The van der Waals surface area contributed by atoms with Crippen molar-refractivity contribution < 1.29 is 4.74 Å². The highest BCUT2D eigenvalue weighted by atomic mass is 32.2. The molecule has 1 N–H and O–H groups in total. The Balaban J connectivity index is 1.96. The normalized spacial score (nSPS) is 10.6. The van der Waals surface area contributed by atoms with Crippen LogP contribution >= 0.6 is 11.8 Å². The minimum absolute atomic E-state index is 0.768. The molecule has 0 unspecified atom stereocenters. The molecule has 1 heterocycles. The van der Waals surface area contributed by atoms with Gasteiger partial charge in [0.2, 0.25) is 5.16 Å². The van der Waals surface area contributed by atoms with Gasteiger partial charge in [0.25, 0.3) is 0 Å². The van der Waals surface area contributed by atoms with Crippen LogP contribution in [-0.2, 0) is 12.3 Å². The fourth-order valence-corrected chi connectivity index (χ4v) is 2.41. The molecule has 0 amide bonds. The summed E-state index contributed by atoms with van der Waals surface area (Å²) in [6.45, 7) is 1.61. The number of nitrogens with one attached hydrogen (secondary N) is 1. The van der Waals surface area contributed by atoms with Crippen molar-refractivity contribution in [3.05, 3.63) is 29.8 Å². The highest BCUT2D eigenvalue weighted by Crippen LogP contribution is 2.22. The van der Waals surface area contributed by atoms with Gasteiger partial charge >= 0.3 is 0 Å². The van der Waals surface area contributed by atoms with Gasteiger partial charge in [-0.15, -0.1) is 5.10 Å². The Kier molecular flexibility index (Phi) is 5.17. The SMILES string of the molecule is CNCCn1nnnc1SCc1cccc(OC)c1. The number of benzene rings is 1. The summed E-state index contributed by atoms with van der Waals surface area (Å²) in [6.07, 6.45) is 0. The maximum absolute atomic E-state index is 5.21. The Morgan fingerprint density at radius 1 is 1.42 bits per heavy atom. The Bertz CT molecular complexity index is 516. The molecule has 0 aliphatic rings. The van der Waals surface area contributed by atoms with Crippen molar-refractivity contribution in [2.24, 2.45) is 0 Å². The first-order valence-electron chi connectivity index (χ1n) is 6.00. The molecule has 0 aliphatic heterocycles. The van der Waals surface area contributed by atoms with E-state index in [1.807, 2.05) is 25.2 Å². The maximum atomic E-state index is 5.21. The summed E-state index contributed by atoms with van der Waals surface area (Å²) in [5.74, 6) is 1.68. The minimum atomic E-state index is 0.768. The van der Waals surface area contributed by atoms with Crippen LogP contribution < -0.4 is 10.1 Å². The molecule has 7 heteroatoms. The van der Waals surface area contributed by atoms with Crippen LogP contribution in [0.25, 0.3) is 0 Å². The summed E-state index contributed by atoms with van der Waals surface area (Å²) < 4.78 is 7.01. The van der Waals surface area contributed by atoms with Crippen LogP contribution in [0.4, 0.5) is 0 Å². The van der Waals surface area contributed by atoms with Gasteiger partial charge in [-0.1, -0.05) is 23.9 Å². The highest BCUT2D eigenvalue weighted by molar-refractivity contribution is 7.98. The fraction of sp³-hybridized carbons (Fsp3) is 0.417. The first kappa shape index (κ1) is 13.8. The Morgan fingerprint density at radius 2 is 2.32 bits per heavy atom. The number of rotatable bonds is 7. The number of aromatic nitrogens is 4. The van der Waals surface area contributed by atoms with Crippen LogP contribution in [0.15, 0.2) is 29.4 Å². The zero-order valence-corrected chi connectivity index (χ0v) is 11.9. The molecule has 0 saturated heterocycles. The summed E-state index contributed by atoms with van der Waals surface area (Å²) in [4.78, 5) is 0. The first-order chi connectivity index (χ1) is 9.33. The second-order valence-electron chi connectivity index (χ2n) is 3.93. The van der Waals surface area contributed by atoms with Gasteiger partial charge in [0, 0.05) is 12.3 Å². The molecule has 2 rings (SSSR count). The number of tetrazole rings is 1. The number of methoxy groups -OCH3 is 1. The average Bonchev–Trinajstić information content (AvgIpc) is 2.90. The lowest BCUT2D eigenvalue weighted by atomic mass is 10.2. The van der Waals surface area contributed by atoms with Crippen molar-refractivity contribution >= 4 is 11.8 Å². The summed E-state index contributed by atoms with van der Waals surface area (Å²) in [5.41, 5.74) is 1.19. The molecule has 0 radical (unpaired) electrons.